The third-order valence-corrected chi connectivity index (χ3v) is 8.84. The van der Waals surface area contributed by atoms with E-state index in [2.05, 4.69) is 26.1 Å². The van der Waals surface area contributed by atoms with Crippen LogP contribution >= 0.6 is 34.7 Å². The van der Waals surface area contributed by atoms with Gasteiger partial charge in [0, 0.05) is 17.0 Å². The Morgan fingerprint density at radius 2 is 1.90 bits per heavy atom. The largest absolute Gasteiger partial charge is 0.497 e. The highest BCUT2D eigenvalue weighted by molar-refractivity contribution is 8.00. The van der Waals surface area contributed by atoms with Crippen LogP contribution < -0.4 is 20.7 Å². The number of nitrogens with one attached hydrogen (secondary N) is 3. The lowest BCUT2D eigenvalue weighted by atomic mass is 10.0. The molecule has 2 unspecified atom stereocenters. The average molecular weight is 735 g/mol. The molecule has 4 rings (SSSR count). The molecular formula is C31H35ClN6O9S2. The monoisotopic (exact) mass is 734 g/mol. The van der Waals surface area contributed by atoms with Gasteiger partial charge in [0.25, 0.3) is 11.8 Å². The van der Waals surface area contributed by atoms with Crippen molar-refractivity contribution >= 4 is 75.3 Å². The van der Waals surface area contributed by atoms with Crippen molar-refractivity contribution in [1.29, 1.82) is 0 Å². The molecule has 2 aromatic rings. The number of rotatable bonds is 13. The molecule has 2 aliphatic rings. The van der Waals surface area contributed by atoms with Gasteiger partial charge in [0.15, 0.2) is 10.8 Å². The summed E-state index contributed by atoms with van der Waals surface area (Å²) in [7, 11) is 2.79. The van der Waals surface area contributed by atoms with Crippen molar-refractivity contribution in [2.24, 2.45) is 5.16 Å². The minimum absolute atomic E-state index is 0.0357. The zero-order chi connectivity index (χ0) is 35.7. The molecule has 0 bridgehead atoms. The molecule has 3 N–H and O–H groups in total. The number of nitrogens with zero attached hydrogens (tertiary/aromatic N) is 3. The second-order valence-corrected chi connectivity index (χ2v) is 13.6. The zero-order valence-corrected chi connectivity index (χ0v) is 29.6. The van der Waals surface area contributed by atoms with E-state index in [1.165, 1.54) is 29.2 Å². The highest BCUT2D eigenvalue weighted by Crippen LogP contribution is 2.41. The fraction of sp³-hybridized carbons (Fsp3) is 0.387. The summed E-state index contributed by atoms with van der Waals surface area (Å²) in [6, 6.07) is 6.01. The van der Waals surface area contributed by atoms with Crippen molar-refractivity contribution in [2.45, 2.75) is 44.4 Å². The number of hydrogen-bond acceptors (Lipinski definition) is 13. The Morgan fingerprint density at radius 1 is 1.16 bits per heavy atom. The first-order valence-corrected chi connectivity index (χ1v) is 17.2. The molecule has 2 aliphatic heterocycles. The van der Waals surface area contributed by atoms with E-state index in [0.717, 1.165) is 16.9 Å². The lowest BCUT2D eigenvalue weighted by Gasteiger charge is -2.49. The number of anilines is 1. The number of esters is 1. The number of halogens is 1. The number of benzene rings is 1. The predicted octanol–water partition coefficient (Wildman–Crippen LogP) is 3.16. The van der Waals surface area contributed by atoms with E-state index in [9.17, 15) is 24.0 Å². The van der Waals surface area contributed by atoms with Crippen LogP contribution in [-0.2, 0) is 40.1 Å². The maximum Gasteiger partial charge on any atom is 0.408 e. The number of alkyl carbamates (subject to hydrolysis) is 1. The van der Waals surface area contributed by atoms with Crippen LogP contribution in [0.25, 0.3) is 0 Å². The van der Waals surface area contributed by atoms with Crippen LogP contribution in [0, 0.1) is 0 Å². The van der Waals surface area contributed by atoms with Gasteiger partial charge < -0.3 is 35.0 Å². The number of thiazole rings is 1. The van der Waals surface area contributed by atoms with E-state index in [1.54, 1.807) is 64.3 Å². The number of allylic oxidation sites excluding steroid dienone is 2. The molecule has 0 radical (unpaired) electrons. The first kappa shape index (κ1) is 37.2. The number of fused-ring (bicyclic) bond motifs is 1. The van der Waals surface area contributed by atoms with E-state index in [1.807, 2.05) is 0 Å². The minimum Gasteiger partial charge on any atom is -0.497 e. The number of hydrogen-bond donors (Lipinski definition) is 3. The number of methoxy groups -OCH3 is 1. The van der Waals surface area contributed by atoms with Crippen LogP contribution in [0.1, 0.15) is 32.0 Å². The molecule has 18 heteroatoms. The van der Waals surface area contributed by atoms with Crippen LogP contribution in [0.4, 0.5) is 9.93 Å². The predicted molar refractivity (Wildman–Crippen MR) is 183 cm³/mol. The molecule has 2 atom stereocenters. The third-order valence-electron chi connectivity index (χ3n) is 6.60. The molecule has 1 aromatic carbocycles. The van der Waals surface area contributed by atoms with Crippen molar-refractivity contribution in [1.82, 2.24) is 20.5 Å². The number of carbonyl (C=O) groups excluding carboxylic acids is 5. The molecule has 1 aromatic heterocycles. The number of thioether (sulfide) groups is 1. The van der Waals surface area contributed by atoms with E-state index in [0.29, 0.717) is 17.1 Å². The summed E-state index contributed by atoms with van der Waals surface area (Å²) in [5, 5.41) is 12.3. The number of amides is 4. The second kappa shape index (κ2) is 16.7. The standard InChI is InChI=1S/C31H35ClN6O9S2/c1-31(2,3)47-30(43)33-13-21(39)35-29-34-20(16-49-29)22(37-45-5)25(40)36-23-26(41)38-24(18(7-6-12-32)15-48-27(23)38)28(42)46-14-17-8-10-19(44-4)11-9-17/h6-11,16,23,27H,12-15H2,1-5H3,(H,33,43)(H,36,40)(H,34,35,39)/b7-6-,37-22+. The normalized spacial score (nSPS) is 17.6. The molecule has 262 valence electrons. The molecule has 4 amide bonds. The van der Waals surface area contributed by atoms with E-state index >= 15 is 0 Å². The number of carbonyl (C=O) groups is 5. The van der Waals surface area contributed by atoms with Crippen molar-refractivity contribution in [3.63, 3.8) is 0 Å². The Labute approximate surface area is 295 Å². The molecule has 15 nitrogen and oxygen atoms in total. The van der Waals surface area contributed by atoms with Gasteiger partial charge in [0.05, 0.1) is 7.11 Å². The van der Waals surface area contributed by atoms with Gasteiger partial charge in [-0.05, 0) is 44.0 Å². The Bertz CT molecular complexity index is 1670. The topological polar surface area (TPSA) is 187 Å². The van der Waals surface area contributed by atoms with Gasteiger partial charge in [-0.3, -0.25) is 19.3 Å². The molecular weight excluding hydrogens is 700 g/mol. The Balaban J connectivity index is 1.41. The summed E-state index contributed by atoms with van der Waals surface area (Å²) in [5.74, 6) is -1.38. The lowest BCUT2D eigenvalue weighted by molar-refractivity contribution is -0.153. The van der Waals surface area contributed by atoms with Crippen molar-refractivity contribution in [2.75, 3.05) is 37.7 Å². The number of ether oxygens (including phenoxy) is 3. The maximum absolute atomic E-state index is 13.5. The van der Waals surface area contributed by atoms with Crippen molar-refractivity contribution in [3.8, 4) is 5.75 Å². The first-order valence-electron chi connectivity index (χ1n) is 14.7. The number of aromatic nitrogens is 1. The van der Waals surface area contributed by atoms with E-state index in [-0.39, 0.29) is 41.3 Å². The molecule has 0 aliphatic carbocycles. The van der Waals surface area contributed by atoms with Crippen LogP contribution in [0.15, 0.2) is 58.2 Å². The Hall–Kier alpha value is -4.61. The number of alkyl halides is 1. The smallest absolute Gasteiger partial charge is 0.408 e. The van der Waals surface area contributed by atoms with Gasteiger partial charge >= 0.3 is 12.1 Å². The molecule has 1 fully saturated rings. The highest BCUT2D eigenvalue weighted by atomic mass is 35.5. The quantitative estimate of drug-likeness (QED) is 0.0902. The summed E-state index contributed by atoms with van der Waals surface area (Å²) < 4.78 is 15.8. The van der Waals surface area contributed by atoms with Crippen molar-refractivity contribution in [3.05, 3.63) is 64.3 Å². The fourth-order valence-electron chi connectivity index (χ4n) is 4.46. The third kappa shape index (κ3) is 9.73. The van der Waals surface area contributed by atoms with Gasteiger partial charge in [-0.15, -0.1) is 34.7 Å². The Morgan fingerprint density at radius 3 is 2.55 bits per heavy atom. The zero-order valence-electron chi connectivity index (χ0n) is 27.2. The average Bonchev–Trinajstić information content (AvgIpc) is 3.53. The summed E-state index contributed by atoms with van der Waals surface area (Å²) in [6.45, 7) is 4.67. The van der Waals surface area contributed by atoms with Crippen molar-refractivity contribution < 1.29 is 43.0 Å². The first-order chi connectivity index (χ1) is 23.3. The summed E-state index contributed by atoms with van der Waals surface area (Å²) in [6.07, 6.45) is 2.58. The van der Waals surface area contributed by atoms with Crippen LogP contribution in [0.3, 0.4) is 0 Å². The van der Waals surface area contributed by atoms with Gasteiger partial charge in [-0.1, -0.05) is 29.4 Å². The molecule has 49 heavy (non-hydrogen) atoms. The fourth-order valence-corrected chi connectivity index (χ4v) is 6.58. The van der Waals surface area contributed by atoms with Gasteiger partial charge in [0.1, 0.15) is 54.4 Å². The second-order valence-electron chi connectivity index (χ2n) is 11.3. The van der Waals surface area contributed by atoms with E-state index < -0.39 is 46.8 Å². The Kier molecular flexibility index (Phi) is 12.7. The van der Waals surface area contributed by atoms with Gasteiger partial charge in [0.2, 0.25) is 5.91 Å². The summed E-state index contributed by atoms with van der Waals surface area (Å²) in [5.41, 5.74) is 0.436. The van der Waals surface area contributed by atoms with Crippen LogP contribution in [0.5, 0.6) is 5.75 Å². The van der Waals surface area contributed by atoms with Crippen LogP contribution in [-0.4, -0.2) is 94.8 Å². The summed E-state index contributed by atoms with van der Waals surface area (Å²) in [4.78, 5) is 74.8. The molecule has 3 heterocycles. The van der Waals surface area contributed by atoms with Gasteiger partial charge in [-0.2, -0.15) is 0 Å². The van der Waals surface area contributed by atoms with Gasteiger partial charge in [-0.25, -0.2) is 14.6 Å². The highest BCUT2D eigenvalue weighted by Gasteiger charge is 2.54. The van der Waals surface area contributed by atoms with E-state index in [4.69, 9.17) is 30.6 Å². The molecule has 0 spiro atoms. The van der Waals surface area contributed by atoms with Crippen LogP contribution in [0.2, 0.25) is 0 Å². The number of β-lactam (4-membered cyclic amide) rings is 1. The SMILES string of the molecule is CO/N=C(/C(=O)NC1C(=O)N2C(C(=O)OCc3ccc(OC)cc3)=C(/C=C\CCl)CSC12)c1csc(NC(=O)CNC(=O)OC(C)(C)C)n1. The summed E-state index contributed by atoms with van der Waals surface area (Å²) >= 11 is 8.20. The molecule has 1 saturated heterocycles. The molecule has 0 saturated carbocycles. The minimum atomic E-state index is -1.00. The number of oxime groups is 1. The maximum atomic E-state index is 13.5. The lowest BCUT2D eigenvalue weighted by Crippen LogP contribution is -2.71.